The van der Waals surface area contributed by atoms with E-state index in [1.807, 2.05) is 48.5 Å². The van der Waals surface area contributed by atoms with E-state index >= 15 is 0 Å². The minimum Gasteiger partial charge on any atom is -0.507 e. The Labute approximate surface area is 339 Å². The Morgan fingerprint density at radius 3 is 1.47 bits per heavy atom. The van der Waals surface area contributed by atoms with Crippen LogP contribution in [0.3, 0.4) is 0 Å². The van der Waals surface area contributed by atoms with Crippen molar-refractivity contribution in [1.82, 2.24) is 15.0 Å². The fourth-order valence-electron chi connectivity index (χ4n) is 6.97. The van der Waals surface area contributed by atoms with Gasteiger partial charge in [0.2, 0.25) is 11.9 Å². The lowest BCUT2D eigenvalue weighted by Gasteiger charge is -2.31. The fourth-order valence-corrected chi connectivity index (χ4v) is 6.97. The van der Waals surface area contributed by atoms with Crippen LogP contribution in [0.1, 0.15) is 97.1 Å². The van der Waals surface area contributed by atoms with Gasteiger partial charge in [-0.05, 0) is 133 Å². The van der Waals surface area contributed by atoms with Gasteiger partial charge in [0.15, 0.2) is 0 Å². The predicted octanol–water partition coefficient (Wildman–Crippen LogP) is 12.2. The molecule has 0 aliphatic heterocycles. The molecule has 0 saturated heterocycles. The number of phenols is 1. The Hall–Kier alpha value is -5.89. The van der Waals surface area contributed by atoms with E-state index in [0.717, 1.165) is 45.9 Å². The van der Waals surface area contributed by atoms with Gasteiger partial charge in [-0.3, -0.25) is 0 Å². The first kappa shape index (κ1) is 40.8. The first-order chi connectivity index (χ1) is 27.1. The summed E-state index contributed by atoms with van der Waals surface area (Å²) in [6.07, 6.45) is 0.852. The number of aromatic nitrogens is 3. The summed E-state index contributed by atoms with van der Waals surface area (Å²) in [4.78, 5) is 19.4. The zero-order chi connectivity index (χ0) is 40.9. The van der Waals surface area contributed by atoms with Crippen LogP contribution in [0.25, 0.3) is 0 Å². The first-order valence-electron chi connectivity index (χ1n) is 20.0. The molecule has 0 aliphatic carbocycles. The van der Waals surface area contributed by atoms with E-state index in [-0.39, 0.29) is 35.5 Å². The predicted molar refractivity (Wildman–Crippen MR) is 236 cm³/mol. The third-order valence-corrected chi connectivity index (χ3v) is 9.88. The van der Waals surface area contributed by atoms with Crippen LogP contribution in [0, 0.1) is 0 Å². The summed E-state index contributed by atoms with van der Waals surface area (Å²) in [5.41, 5.74) is 8.56. The molecule has 57 heavy (non-hydrogen) atoms. The average molecular weight is 763 g/mol. The van der Waals surface area contributed by atoms with E-state index in [9.17, 15) is 5.11 Å². The van der Waals surface area contributed by atoms with Crippen LogP contribution >= 0.6 is 0 Å². The number of hydrogen-bond donors (Lipinski definition) is 2. The van der Waals surface area contributed by atoms with E-state index in [1.165, 1.54) is 11.1 Å². The number of nitrogens with zero attached hydrogens (tertiary/aromatic N) is 5. The second-order valence-electron chi connectivity index (χ2n) is 17.3. The number of hydrogen-bond acceptors (Lipinski definition) is 8. The summed E-state index contributed by atoms with van der Waals surface area (Å²) < 4.78 is 6.54. The van der Waals surface area contributed by atoms with Crippen LogP contribution in [0.4, 0.5) is 34.6 Å². The minimum absolute atomic E-state index is 0.00610. The lowest BCUT2D eigenvalue weighted by molar-refractivity contribution is 0.279. The van der Waals surface area contributed by atoms with Crippen molar-refractivity contribution < 1.29 is 9.84 Å². The Kier molecular flexibility index (Phi) is 12.2. The van der Waals surface area contributed by atoms with Crippen LogP contribution in [0.5, 0.6) is 11.8 Å². The van der Waals surface area contributed by atoms with E-state index < -0.39 is 0 Å². The fraction of sp³-hybridized carbons (Fsp3) is 0.327. The molecule has 1 aromatic heterocycles. The van der Waals surface area contributed by atoms with Crippen LogP contribution < -0.4 is 19.9 Å². The monoisotopic (exact) mass is 762 g/mol. The highest BCUT2D eigenvalue weighted by atomic mass is 16.5. The maximum Gasteiger partial charge on any atom is 0.323 e. The lowest BCUT2D eigenvalue weighted by Crippen LogP contribution is -2.31. The molecule has 1 heterocycles. The molecule has 0 spiro atoms. The molecule has 0 aliphatic rings. The van der Waals surface area contributed by atoms with Gasteiger partial charge < -0.3 is 25.0 Å². The van der Waals surface area contributed by atoms with Crippen LogP contribution in [-0.2, 0) is 23.9 Å². The summed E-state index contributed by atoms with van der Waals surface area (Å²) in [5, 5.41) is 14.9. The van der Waals surface area contributed by atoms with Crippen molar-refractivity contribution in [2.24, 2.45) is 0 Å². The average Bonchev–Trinajstić information content (AvgIpc) is 3.15. The lowest BCUT2D eigenvalue weighted by atomic mass is 9.78. The van der Waals surface area contributed by atoms with Crippen LogP contribution in [-0.4, -0.2) is 32.1 Å². The molecule has 6 rings (SSSR count). The van der Waals surface area contributed by atoms with Crippen molar-refractivity contribution in [3.63, 3.8) is 0 Å². The van der Waals surface area contributed by atoms with Crippen molar-refractivity contribution in [2.45, 2.75) is 105 Å². The summed E-state index contributed by atoms with van der Waals surface area (Å²) in [7, 11) is 0. The molecule has 5 aromatic carbocycles. The molecule has 0 saturated carbocycles. The maximum absolute atomic E-state index is 11.4. The highest BCUT2D eigenvalue weighted by Crippen LogP contribution is 2.40. The summed E-state index contributed by atoms with van der Waals surface area (Å²) in [6.45, 7) is 21.4. The molecule has 0 amide bonds. The largest absolute Gasteiger partial charge is 0.507 e. The number of phenolic OH excluding ortho intramolecular Hbond substituents is 1. The summed E-state index contributed by atoms with van der Waals surface area (Å²) >= 11 is 0. The molecule has 0 fully saturated rings. The quantitative estimate of drug-likeness (QED) is 0.120. The van der Waals surface area contributed by atoms with Gasteiger partial charge in [0.25, 0.3) is 0 Å². The SMILES string of the molecule is CC(C)N(c1ccc(Cc2ccccc2)cc1)c1nc(OCc2cc(C(C)(C)C)c(O)c(C(C)(C)C)c2)nc(N(c2ccc(Nc3ccccc3)cc2)C(C)C)n1. The van der Waals surface area contributed by atoms with E-state index in [2.05, 4.69) is 157 Å². The van der Waals surface area contributed by atoms with Crippen molar-refractivity contribution >= 4 is 34.6 Å². The summed E-state index contributed by atoms with van der Waals surface area (Å²) in [5.74, 6) is 1.31. The Morgan fingerprint density at radius 1 is 0.561 bits per heavy atom. The number of para-hydroxylation sites is 1. The standard InChI is InChI=1S/C49H58N6O2/c1-33(2)54(40-25-21-36(22-26-40)29-35-17-13-11-14-18-35)45-51-46(55(34(3)4)41-27-23-39(24-28-41)50-38-19-15-12-16-20-38)53-47(52-45)57-32-37-30-42(48(5,6)7)44(56)43(31-37)49(8,9)10/h11-28,30-31,33-34,50,56H,29,32H2,1-10H3. The van der Waals surface area contributed by atoms with E-state index in [1.54, 1.807) is 0 Å². The number of nitrogens with one attached hydrogen (secondary N) is 1. The second kappa shape index (κ2) is 17.1. The molecule has 0 atom stereocenters. The van der Waals surface area contributed by atoms with E-state index in [0.29, 0.717) is 17.6 Å². The van der Waals surface area contributed by atoms with Crippen molar-refractivity contribution in [3.05, 3.63) is 149 Å². The van der Waals surface area contributed by atoms with E-state index in [4.69, 9.17) is 19.7 Å². The molecule has 8 heteroatoms. The molecule has 6 aromatic rings. The van der Waals surface area contributed by atoms with Crippen molar-refractivity contribution in [3.8, 4) is 11.8 Å². The smallest absolute Gasteiger partial charge is 0.323 e. The topological polar surface area (TPSA) is 86.6 Å². The zero-order valence-electron chi connectivity index (χ0n) is 35.2. The molecule has 2 N–H and O–H groups in total. The highest BCUT2D eigenvalue weighted by Gasteiger charge is 2.28. The van der Waals surface area contributed by atoms with Gasteiger partial charge in [-0.15, -0.1) is 0 Å². The van der Waals surface area contributed by atoms with Crippen LogP contribution in [0.15, 0.2) is 121 Å². The highest BCUT2D eigenvalue weighted by molar-refractivity contribution is 5.67. The van der Waals surface area contributed by atoms with Gasteiger partial charge >= 0.3 is 6.01 Å². The first-order valence-corrected chi connectivity index (χ1v) is 20.0. The van der Waals surface area contributed by atoms with Gasteiger partial charge in [-0.2, -0.15) is 15.0 Å². The normalized spacial score (nSPS) is 11.9. The van der Waals surface area contributed by atoms with Gasteiger partial charge in [0, 0.05) is 34.8 Å². The zero-order valence-corrected chi connectivity index (χ0v) is 35.2. The Balaban J connectivity index is 1.40. The third-order valence-electron chi connectivity index (χ3n) is 9.88. The number of aromatic hydroxyl groups is 1. The molecular formula is C49H58N6O2. The molecule has 8 nitrogen and oxygen atoms in total. The number of anilines is 6. The summed E-state index contributed by atoms with van der Waals surface area (Å²) in [6, 6.07) is 41.9. The molecule has 296 valence electrons. The maximum atomic E-state index is 11.4. The number of ether oxygens (including phenoxy) is 1. The second-order valence-corrected chi connectivity index (χ2v) is 17.3. The molecular weight excluding hydrogens is 705 g/mol. The number of rotatable bonds is 13. The number of benzene rings is 5. The Bertz CT molecular complexity index is 2070. The van der Waals surface area contributed by atoms with Crippen molar-refractivity contribution in [1.29, 1.82) is 0 Å². The molecule has 0 radical (unpaired) electrons. The van der Waals surface area contributed by atoms with Crippen LogP contribution in [0.2, 0.25) is 0 Å². The van der Waals surface area contributed by atoms with Gasteiger partial charge in [0.05, 0.1) is 0 Å². The molecule has 0 unspecified atom stereocenters. The van der Waals surface area contributed by atoms with Gasteiger partial charge in [-0.1, -0.05) is 102 Å². The van der Waals surface area contributed by atoms with Crippen molar-refractivity contribution in [2.75, 3.05) is 15.1 Å². The third kappa shape index (κ3) is 10.1. The van der Waals surface area contributed by atoms with Gasteiger partial charge in [0.1, 0.15) is 12.4 Å². The Morgan fingerprint density at radius 2 is 1.00 bits per heavy atom. The molecule has 0 bridgehead atoms. The van der Waals surface area contributed by atoms with Gasteiger partial charge in [-0.25, -0.2) is 0 Å². The minimum atomic E-state index is -0.272.